The molecule has 1 aromatic rings. The predicted octanol–water partition coefficient (Wildman–Crippen LogP) is -0.667. The average Bonchev–Trinajstić information content (AvgIpc) is 3.57. The van der Waals surface area contributed by atoms with Crippen molar-refractivity contribution in [3.05, 3.63) is 35.4 Å². The number of nitrogens with one attached hydrogen (secondary N) is 3. The third kappa shape index (κ3) is 7.61. The lowest BCUT2D eigenvalue weighted by atomic mass is 9.94. The molecule has 3 amide bonds. The number of amides is 3. The molecular weight excluding hydrogens is 440 g/mol. The molecule has 1 aromatic carbocycles. The van der Waals surface area contributed by atoms with Gasteiger partial charge in [-0.25, -0.2) is 0 Å². The summed E-state index contributed by atoms with van der Waals surface area (Å²) >= 11 is 0. The minimum Gasteiger partial charge on any atom is -0.379 e. The van der Waals surface area contributed by atoms with Crippen molar-refractivity contribution in [1.82, 2.24) is 20.9 Å². The van der Waals surface area contributed by atoms with E-state index >= 15 is 0 Å². The molecule has 0 saturated carbocycles. The van der Waals surface area contributed by atoms with Crippen LogP contribution in [0.5, 0.6) is 0 Å². The number of Topliss-reactive ketones (excluding diaryl/α,β-unsaturated/α-hetero) is 1. The molecule has 0 aromatic heterocycles. The van der Waals surface area contributed by atoms with Crippen LogP contribution in [0.4, 0.5) is 0 Å². The van der Waals surface area contributed by atoms with Gasteiger partial charge in [0.1, 0.15) is 11.6 Å². The molecule has 0 radical (unpaired) electrons. The van der Waals surface area contributed by atoms with Crippen LogP contribution in [0, 0.1) is 6.92 Å². The van der Waals surface area contributed by atoms with Gasteiger partial charge in [-0.2, -0.15) is 0 Å². The Morgan fingerprint density at radius 1 is 1.06 bits per heavy atom. The standard InChI is InChI=1S/C24H34N4O6/c1-16-4-6-18(7-5-16)12-19(22(31)24(3)15-34-24)27-20(29)13-25-23(32)17(2)26-21(30)14-28-8-10-33-11-9-28/h4-7,17,19H,8-15H2,1-3H3,(H,25,32)(H,26,30)(H,27,29)/t17-,19-,24+/m0/s1. The van der Waals surface area contributed by atoms with E-state index in [0.717, 1.165) is 11.1 Å². The molecule has 2 aliphatic rings. The van der Waals surface area contributed by atoms with Crippen LogP contribution in [0.3, 0.4) is 0 Å². The second-order valence-electron chi connectivity index (χ2n) is 9.09. The molecule has 3 rings (SSSR count). The predicted molar refractivity (Wildman–Crippen MR) is 124 cm³/mol. The van der Waals surface area contributed by atoms with Crippen LogP contribution in [-0.4, -0.2) is 92.1 Å². The Balaban J connectivity index is 1.47. The van der Waals surface area contributed by atoms with E-state index in [1.807, 2.05) is 36.1 Å². The fourth-order valence-corrected chi connectivity index (χ4v) is 3.67. The van der Waals surface area contributed by atoms with Crippen molar-refractivity contribution >= 4 is 23.5 Å². The van der Waals surface area contributed by atoms with Crippen LogP contribution in [-0.2, 0) is 35.1 Å². The van der Waals surface area contributed by atoms with Crippen molar-refractivity contribution < 1.29 is 28.7 Å². The van der Waals surface area contributed by atoms with E-state index < -0.39 is 29.5 Å². The first-order valence-electron chi connectivity index (χ1n) is 11.6. The SMILES string of the molecule is Cc1ccc(C[C@H](NC(=O)CNC(=O)[C@H](C)NC(=O)CN2CCOCC2)C(=O)[C@@]2(C)CO2)cc1. The number of hydrogen-bond acceptors (Lipinski definition) is 7. The Bertz CT molecular complexity index is 893. The van der Waals surface area contributed by atoms with Gasteiger partial charge in [-0.1, -0.05) is 29.8 Å². The van der Waals surface area contributed by atoms with Crippen molar-refractivity contribution in [2.75, 3.05) is 46.0 Å². The largest absolute Gasteiger partial charge is 0.379 e. The number of morpholine rings is 1. The lowest BCUT2D eigenvalue weighted by Crippen LogP contribution is -2.53. The summed E-state index contributed by atoms with van der Waals surface area (Å²) in [5.41, 5.74) is 1.13. The monoisotopic (exact) mass is 474 g/mol. The summed E-state index contributed by atoms with van der Waals surface area (Å²) in [6.45, 7) is 7.93. The summed E-state index contributed by atoms with van der Waals surface area (Å²) in [6, 6.07) is 6.16. The molecule has 3 atom stereocenters. The molecule has 2 aliphatic heterocycles. The van der Waals surface area contributed by atoms with Crippen LogP contribution in [0.15, 0.2) is 24.3 Å². The molecule has 0 spiro atoms. The van der Waals surface area contributed by atoms with Gasteiger partial charge < -0.3 is 25.4 Å². The van der Waals surface area contributed by atoms with E-state index in [4.69, 9.17) is 9.47 Å². The summed E-state index contributed by atoms with van der Waals surface area (Å²) in [4.78, 5) is 51.9. The third-order valence-corrected chi connectivity index (χ3v) is 5.98. The van der Waals surface area contributed by atoms with E-state index in [1.54, 1.807) is 13.8 Å². The van der Waals surface area contributed by atoms with Gasteiger partial charge in [0, 0.05) is 13.1 Å². The van der Waals surface area contributed by atoms with Gasteiger partial charge in [-0.15, -0.1) is 0 Å². The molecule has 10 heteroatoms. The highest BCUT2D eigenvalue weighted by Crippen LogP contribution is 2.29. The van der Waals surface area contributed by atoms with Gasteiger partial charge in [0.05, 0.1) is 39.0 Å². The zero-order chi connectivity index (χ0) is 24.7. The number of aryl methyl sites for hydroxylation is 1. The maximum Gasteiger partial charge on any atom is 0.242 e. The number of benzene rings is 1. The Hall–Kier alpha value is -2.82. The first kappa shape index (κ1) is 25.8. The Morgan fingerprint density at radius 3 is 2.32 bits per heavy atom. The molecular formula is C24H34N4O6. The van der Waals surface area contributed by atoms with Gasteiger partial charge in [0.2, 0.25) is 17.7 Å². The van der Waals surface area contributed by atoms with Crippen molar-refractivity contribution in [3.63, 3.8) is 0 Å². The summed E-state index contributed by atoms with van der Waals surface area (Å²) in [7, 11) is 0. The zero-order valence-electron chi connectivity index (χ0n) is 20.0. The van der Waals surface area contributed by atoms with Crippen LogP contribution >= 0.6 is 0 Å². The van der Waals surface area contributed by atoms with E-state index in [9.17, 15) is 19.2 Å². The number of carbonyl (C=O) groups excluding carboxylic acids is 4. The highest BCUT2D eigenvalue weighted by molar-refractivity contribution is 5.97. The molecule has 2 fully saturated rings. The number of epoxide rings is 1. The number of carbonyl (C=O) groups is 4. The second kappa shape index (κ2) is 11.5. The van der Waals surface area contributed by atoms with Gasteiger partial charge in [0.15, 0.2) is 5.78 Å². The molecule has 10 nitrogen and oxygen atoms in total. The fraction of sp³-hybridized carbons (Fsp3) is 0.583. The van der Waals surface area contributed by atoms with Crippen molar-refractivity contribution in [2.45, 2.75) is 44.9 Å². The quantitative estimate of drug-likeness (QED) is 0.363. The highest BCUT2D eigenvalue weighted by Gasteiger charge is 2.50. The van der Waals surface area contributed by atoms with Crippen LogP contribution in [0.2, 0.25) is 0 Å². The minimum atomic E-state index is -0.884. The van der Waals surface area contributed by atoms with Gasteiger partial charge in [-0.3, -0.25) is 24.1 Å². The van der Waals surface area contributed by atoms with E-state index in [-0.39, 0.29) is 24.8 Å². The van der Waals surface area contributed by atoms with Crippen LogP contribution < -0.4 is 16.0 Å². The molecule has 3 N–H and O–H groups in total. The summed E-state index contributed by atoms with van der Waals surface area (Å²) < 4.78 is 10.5. The zero-order valence-corrected chi connectivity index (χ0v) is 20.0. The molecule has 0 unspecified atom stereocenters. The summed E-state index contributed by atoms with van der Waals surface area (Å²) in [5.74, 6) is -1.44. The number of ether oxygens (including phenoxy) is 2. The number of hydrogen-bond donors (Lipinski definition) is 3. The fourth-order valence-electron chi connectivity index (χ4n) is 3.67. The maximum absolute atomic E-state index is 12.9. The summed E-state index contributed by atoms with van der Waals surface area (Å²) in [5, 5.41) is 7.89. The highest BCUT2D eigenvalue weighted by atomic mass is 16.6. The molecule has 34 heavy (non-hydrogen) atoms. The topological polar surface area (TPSA) is 129 Å². The molecule has 2 heterocycles. The first-order valence-corrected chi connectivity index (χ1v) is 11.6. The first-order chi connectivity index (χ1) is 16.2. The molecule has 0 bridgehead atoms. The van der Waals surface area contributed by atoms with Gasteiger partial charge >= 0.3 is 0 Å². The Kier molecular flexibility index (Phi) is 8.76. The lowest BCUT2D eigenvalue weighted by Gasteiger charge is -2.26. The number of nitrogens with zero attached hydrogens (tertiary/aromatic N) is 1. The van der Waals surface area contributed by atoms with Gasteiger partial charge in [0.25, 0.3) is 0 Å². The average molecular weight is 475 g/mol. The lowest BCUT2D eigenvalue weighted by molar-refractivity contribution is -0.132. The third-order valence-electron chi connectivity index (χ3n) is 5.98. The van der Waals surface area contributed by atoms with E-state index in [0.29, 0.717) is 39.3 Å². The van der Waals surface area contributed by atoms with Crippen molar-refractivity contribution in [2.24, 2.45) is 0 Å². The smallest absolute Gasteiger partial charge is 0.242 e. The number of ketones is 1. The minimum absolute atomic E-state index is 0.186. The molecule has 2 saturated heterocycles. The normalized spacial score (nSPS) is 21.7. The molecule has 0 aliphatic carbocycles. The van der Waals surface area contributed by atoms with Gasteiger partial charge in [-0.05, 0) is 32.8 Å². The van der Waals surface area contributed by atoms with Crippen LogP contribution in [0.1, 0.15) is 25.0 Å². The van der Waals surface area contributed by atoms with Crippen LogP contribution in [0.25, 0.3) is 0 Å². The van der Waals surface area contributed by atoms with Crippen molar-refractivity contribution in [1.29, 1.82) is 0 Å². The number of rotatable bonds is 11. The van der Waals surface area contributed by atoms with Crippen molar-refractivity contribution in [3.8, 4) is 0 Å². The second-order valence-corrected chi connectivity index (χ2v) is 9.09. The summed E-state index contributed by atoms with van der Waals surface area (Å²) in [6.07, 6.45) is 0.325. The maximum atomic E-state index is 12.9. The Morgan fingerprint density at radius 2 is 1.71 bits per heavy atom. The Labute approximate surface area is 199 Å². The van der Waals surface area contributed by atoms with E-state index in [1.165, 1.54) is 0 Å². The molecule has 186 valence electrons. The van der Waals surface area contributed by atoms with E-state index in [2.05, 4.69) is 16.0 Å².